The first kappa shape index (κ1) is 13.0. The van der Waals surface area contributed by atoms with Crippen LogP contribution in [0.1, 0.15) is 50.5 Å². The van der Waals surface area contributed by atoms with Gasteiger partial charge in [-0.25, -0.2) is 0 Å². The summed E-state index contributed by atoms with van der Waals surface area (Å²) in [7, 11) is 0. The molecule has 2 nitrogen and oxygen atoms in total. The smallest absolute Gasteiger partial charge is 0.115 e. The van der Waals surface area contributed by atoms with Crippen molar-refractivity contribution in [3.8, 4) is 5.75 Å². The van der Waals surface area contributed by atoms with Gasteiger partial charge in [0.2, 0.25) is 0 Å². The summed E-state index contributed by atoms with van der Waals surface area (Å²) < 4.78 is 0. The fraction of sp³-hybridized carbons (Fsp3) is 0.647. The molecular weight excluding hydrogens is 234 g/mol. The molecule has 1 heterocycles. The van der Waals surface area contributed by atoms with Crippen LogP contribution in [0, 0.1) is 5.41 Å². The topological polar surface area (TPSA) is 23.5 Å². The number of rotatable bonds is 2. The first-order valence-corrected chi connectivity index (χ1v) is 7.76. The first-order chi connectivity index (χ1) is 9.26. The highest BCUT2D eigenvalue weighted by Crippen LogP contribution is 2.44. The molecule has 2 fully saturated rings. The van der Waals surface area contributed by atoms with Crippen LogP contribution < -0.4 is 0 Å². The van der Waals surface area contributed by atoms with Crippen molar-refractivity contribution in [1.82, 2.24) is 4.90 Å². The summed E-state index contributed by atoms with van der Waals surface area (Å²) >= 11 is 0. The summed E-state index contributed by atoms with van der Waals surface area (Å²) in [6, 6.07) is 7.67. The molecule has 1 saturated carbocycles. The average Bonchev–Trinajstić information content (AvgIpc) is 2.45. The van der Waals surface area contributed by atoms with Gasteiger partial charge in [0.05, 0.1) is 0 Å². The molecule has 19 heavy (non-hydrogen) atoms. The van der Waals surface area contributed by atoms with E-state index in [0.717, 1.165) is 6.54 Å². The number of phenols is 1. The van der Waals surface area contributed by atoms with Crippen LogP contribution in [0.5, 0.6) is 5.75 Å². The Balaban J connectivity index is 1.54. The fourth-order valence-electron chi connectivity index (χ4n) is 3.85. The second-order valence-corrected chi connectivity index (χ2v) is 6.50. The van der Waals surface area contributed by atoms with Gasteiger partial charge in [-0.15, -0.1) is 0 Å². The van der Waals surface area contributed by atoms with Crippen molar-refractivity contribution in [3.63, 3.8) is 0 Å². The van der Waals surface area contributed by atoms with E-state index >= 15 is 0 Å². The maximum atomic E-state index is 9.31. The summed E-state index contributed by atoms with van der Waals surface area (Å²) in [4.78, 5) is 2.58. The Kier molecular flexibility index (Phi) is 3.79. The summed E-state index contributed by atoms with van der Waals surface area (Å²) in [5.74, 6) is 0.364. The van der Waals surface area contributed by atoms with Crippen molar-refractivity contribution in [2.45, 2.75) is 51.5 Å². The van der Waals surface area contributed by atoms with Crippen LogP contribution in [-0.2, 0) is 6.54 Å². The summed E-state index contributed by atoms with van der Waals surface area (Å²) in [6.45, 7) is 3.54. The van der Waals surface area contributed by atoms with E-state index in [1.807, 2.05) is 12.1 Å². The van der Waals surface area contributed by atoms with Crippen molar-refractivity contribution in [2.75, 3.05) is 13.1 Å². The van der Waals surface area contributed by atoms with E-state index in [4.69, 9.17) is 0 Å². The summed E-state index contributed by atoms with van der Waals surface area (Å²) in [5.41, 5.74) is 2.02. The Bertz CT molecular complexity index is 396. The minimum atomic E-state index is 0.364. The SMILES string of the molecule is Oc1ccc(CN2CCC3(CCCCC3)CC2)cc1. The van der Waals surface area contributed by atoms with Gasteiger partial charge in [0, 0.05) is 6.54 Å². The van der Waals surface area contributed by atoms with Gasteiger partial charge in [-0.3, -0.25) is 4.90 Å². The van der Waals surface area contributed by atoms with Crippen LogP contribution in [0.4, 0.5) is 0 Å². The Morgan fingerprint density at radius 1 is 0.895 bits per heavy atom. The van der Waals surface area contributed by atoms with Gasteiger partial charge in [0.15, 0.2) is 0 Å². The number of benzene rings is 1. The lowest BCUT2D eigenvalue weighted by atomic mass is 9.68. The molecule has 0 aromatic heterocycles. The molecule has 1 aliphatic heterocycles. The zero-order chi connectivity index (χ0) is 13.1. The van der Waals surface area contributed by atoms with Crippen molar-refractivity contribution >= 4 is 0 Å². The standard InChI is InChI=1S/C17H25NO/c19-16-6-4-15(5-7-16)14-18-12-10-17(11-13-18)8-2-1-3-9-17/h4-7,19H,1-3,8-14H2. The summed E-state index contributed by atoms with van der Waals surface area (Å²) in [5, 5.41) is 9.31. The van der Waals surface area contributed by atoms with Gasteiger partial charge in [-0.1, -0.05) is 31.4 Å². The third-order valence-electron chi connectivity index (χ3n) is 5.17. The zero-order valence-corrected chi connectivity index (χ0v) is 11.8. The van der Waals surface area contributed by atoms with Crippen LogP contribution in [0.3, 0.4) is 0 Å². The molecule has 104 valence electrons. The lowest BCUT2D eigenvalue weighted by molar-refractivity contribution is 0.0641. The lowest BCUT2D eigenvalue weighted by Crippen LogP contribution is -2.40. The Hall–Kier alpha value is -1.02. The number of likely N-dealkylation sites (tertiary alicyclic amines) is 1. The van der Waals surface area contributed by atoms with Crippen LogP contribution in [0.15, 0.2) is 24.3 Å². The molecule has 1 aliphatic carbocycles. The van der Waals surface area contributed by atoms with Gasteiger partial charge in [-0.05, 0) is 61.9 Å². The van der Waals surface area contributed by atoms with E-state index in [9.17, 15) is 5.11 Å². The van der Waals surface area contributed by atoms with Crippen LogP contribution >= 0.6 is 0 Å². The molecule has 1 saturated heterocycles. The van der Waals surface area contributed by atoms with Gasteiger partial charge in [-0.2, -0.15) is 0 Å². The average molecular weight is 259 g/mol. The van der Waals surface area contributed by atoms with Crippen molar-refractivity contribution in [3.05, 3.63) is 29.8 Å². The molecule has 1 aromatic rings. The molecule has 0 bridgehead atoms. The normalized spacial score (nSPS) is 23.6. The molecule has 0 atom stereocenters. The van der Waals surface area contributed by atoms with E-state index in [1.165, 1.54) is 63.6 Å². The zero-order valence-electron chi connectivity index (χ0n) is 11.8. The highest BCUT2D eigenvalue weighted by Gasteiger charge is 2.35. The molecule has 2 heteroatoms. The van der Waals surface area contributed by atoms with Crippen LogP contribution in [0.25, 0.3) is 0 Å². The van der Waals surface area contributed by atoms with E-state index in [0.29, 0.717) is 11.2 Å². The molecule has 0 radical (unpaired) electrons. The molecule has 0 unspecified atom stereocenters. The van der Waals surface area contributed by atoms with Gasteiger partial charge >= 0.3 is 0 Å². The maximum absolute atomic E-state index is 9.31. The van der Waals surface area contributed by atoms with Crippen molar-refractivity contribution < 1.29 is 5.11 Å². The predicted molar refractivity (Wildman–Crippen MR) is 78.1 cm³/mol. The largest absolute Gasteiger partial charge is 0.508 e. The first-order valence-electron chi connectivity index (χ1n) is 7.76. The maximum Gasteiger partial charge on any atom is 0.115 e. The van der Waals surface area contributed by atoms with E-state index in [-0.39, 0.29) is 0 Å². The second-order valence-electron chi connectivity index (χ2n) is 6.50. The second kappa shape index (κ2) is 5.54. The monoisotopic (exact) mass is 259 g/mol. The number of nitrogens with zero attached hydrogens (tertiary/aromatic N) is 1. The number of phenolic OH excluding ortho intramolecular Hbond substituents is 1. The Labute approximate surface area is 116 Å². The minimum absolute atomic E-state index is 0.364. The third kappa shape index (κ3) is 3.11. The van der Waals surface area contributed by atoms with Crippen molar-refractivity contribution in [2.24, 2.45) is 5.41 Å². The quantitative estimate of drug-likeness (QED) is 0.869. The molecule has 1 spiro atoms. The van der Waals surface area contributed by atoms with Crippen LogP contribution in [-0.4, -0.2) is 23.1 Å². The molecule has 1 aromatic carbocycles. The number of hydrogen-bond donors (Lipinski definition) is 1. The number of aromatic hydroxyl groups is 1. The van der Waals surface area contributed by atoms with Gasteiger partial charge in [0.25, 0.3) is 0 Å². The molecule has 3 rings (SSSR count). The molecule has 2 aliphatic rings. The van der Waals surface area contributed by atoms with E-state index in [1.54, 1.807) is 12.1 Å². The fourth-order valence-corrected chi connectivity index (χ4v) is 3.85. The molecule has 0 amide bonds. The Morgan fingerprint density at radius 2 is 1.53 bits per heavy atom. The molecule has 1 N–H and O–H groups in total. The van der Waals surface area contributed by atoms with E-state index in [2.05, 4.69) is 4.90 Å². The number of hydrogen-bond acceptors (Lipinski definition) is 2. The lowest BCUT2D eigenvalue weighted by Gasteiger charge is -2.44. The Morgan fingerprint density at radius 3 is 2.16 bits per heavy atom. The minimum Gasteiger partial charge on any atom is -0.508 e. The summed E-state index contributed by atoms with van der Waals surface area (Å²) in [6.07, 6.45) is 10.1. The van der Waals surface area contributed by atoms with Gasteiger partial charge < -0.3 is 5.11 Å². The molecular formula is C17H25NO. The highest BCUT2D eigenvalue weighted by molar-refractivity contribution is 5.25. The van der Waals surface area contributed by atoms with Gasteiger partial charge in [0.1, 0.15) is 5.75 Å². The van der Waals surface area contributed by atoms with Crippen molar-refractivity contribution in [1.29, 1.82) is 0 Å². The highest BCUT2D eigenvalue weighted by atomic mass is 16.3. The predicted octanol–water partition coefficient (Wildman–Crippen LogP) is 3.94. The number of piperidine rings is 1. The van der Waals surface area contributed by atoms with Crippen LogP contribution in [0.2, 0.25) is 0 Å². The third-order valence-corrected chi connectivity index (χ3v) is 5.17. The van der Waals surface area contributed by atoms with E-state index < -0.39 is 0 Å².